The van der Waals surface area contributed by atoms with Gasteiger partial charge in [0.15, 0.2) is 11.3 Å². The number of hydrogen-bond acceptors (Lipinski definition) is 5. The number of benzene rings is 1. The SMILES string of the molecule is O=C(COC(=O)c1ccc(Br)o1)Nc1ccccc1C(=O)NC1CCCC1. The van der Waals surface area contributed by atoms with E-state index in [2.05, 4.69) is 26.6 Å². The number of amides is 2. The molecule has 2 amide bonds. The van der Waals surface area contributed by atoms with E-state index >= 15 is 0 Å². The number of esters is 1. The van der Waals surface area contributed by atoms with Gasteiger partial charge in [-0.25, -0.2) is 4.79 Å². The minimum absolute atomic E-state index is 0.00832. The summed E-state index contributed by atoms with van der Waals surface area (Å²) >= 11 is 3.09. The maximum absolute atomic E-state index is 12.5. The highest BCUT2D eigenvalue weighted by molar-refractivity contribution is 9.10. The lowest BCUT2D eigenvalue weighted by atomic mass is 10.1. The van der Waals surface area contributed by atoms with Crippen LogP contribution in [0.1, 0.15) is 46.6 Å². The third kappa shape index (κ3) is 5.19. The molecule has 1 aliphatic rings. The van der Waals surface area contributed by atoms with Gasteiger partial charge >= 0.3 is 5.97 Å². The highest BCUT2D eigenvalue weighted by Gasteiger charge is 2.20. The van der Waals surface area contributed by atoms with E-state index in [0.717, 1.165) is 25.7 Å². The summed E-state index contributed by atoms with van der Waals surface area (Å²) in [5.74, 6) is -1.53. The van der Waals surface area contributed by atoms with E-state index in [1.54, 1.807) is 30.3 Å². The molecule has 0 spiro atoms. The van der Waals surface area contributed by atoms with Crippen molar-refractivity contribution in [3.8, 4) is 0 Å². The zero-order chi connectivity index (χ0) is 19.2. The van der Waals surface area contributed by atoms with E-state index in [1.807, 2.05) is 0 Å². The van der Waals surface area contributed by atoms with Crippen molar-refractivity contribution in [3.63, 3.8) is 0 Å². The Morgan fingerprint density at radius 2 is 1.85 bits per heavy atom. The van der Waals surface area contributed by atoms with Crippen molar-refractivity contribution in [3.05, 3.63) is 52.4 Å². The largest absolute Gasteiger partial charge is 0.450 e. The van der Waals surface area contributed by atoms with Crippen molar-refractivity contribution in [2.45, 2.75) is 31.7 Å². The third-order valence-electron chi connectivity index (χ3n) is 4.24. The summed E-state index contributed by atoms with van der Waals surface area (Å²) in [6.07, 6.45) is 4.17. The van der Waals surface area contributed by atoms with Crippen LogP contribution >= 0.6 is 15.9 Å². The van der Waals surface area contributed by atoms with E-state index in [1.165, 1.54) is 6.07 Å². The number of carbonyl (C=O) groups excluding carboxylic acids is 3. The van der Waals surface area contributed by atoms with Crippen molar-refractivity contribution < 1.29 is 23.5 Å². The fourth-order valence-electron chi connectivity index (χ4n) is 2.94. The first-order chi connectivity index (χ1) is 13.0. The molecule has 1 aromatic heterocycles. The maximum atomic E-state index is 12.5. The number of anilines is 1. The van der Waals surface area contributed by atoms with Crippen LogP contribution in [0.25, 0.3) is 0 Å². The van der Waals surface area contributed by atoms with Crippen molar-refractivity contribution >= 4 is 39.4 Å². The van der Waals surface area contributed by atoms with Crippen molar-refractivity contribution in [2.24, 2.45) is 0 Å². The van der Waals surface area contributed by atoms with Gasteiger partial charge < -0.3 is 19.8 Å². The summed E-state index contributed by atoms with van der Waals surface area (Å²) in [4.78, 5) is 36.4. The van der Waals surface area contributed by atoms with Crippen molar-refractivity contribution in [2.75, 3.05) is 11.9 Å². The topological polar surface area (TPSA) is 97.6 Å². The molecular weight excluding hydrogens is 416 g/mol. The highest BCUT2D eigenvalue weighted by atomic mass is 79.9. The molecule has 2 aromatic rings. The molecule has 0 atom stereocenters. The molecule has 0 unspecified atom stereocenters. The minimum atomic E-state index is -0.747. The van der Waals surface area contributed by atoms with Gasteiger partial charge in [0.05, 0.1) is 11.3 Å². The van der Waals surface area contributed by atoms with Crippen LogP contribution in [0.3, 0.4) is 0 Å². The summed E-state index contributed by atoms with van der Waals surface area (Å²) < 4.78 is 10.4. The van der Waals surface area contributed by atoms with Crippen LogP contribution in [-0.2, 0) is 9.53 Å². The van der Waals surface area contributed by atoms with Gasteiger partial charge in [-0.1, -0.05) is 25.0 Å². The quantitative estimate of drug-likeness (QED) is 0.677. The Balaban J connectivity index is 1.57. The van der Waals surface area contributed by atoms with Gasteiger partial charge in [-0.15, -0.1) is 0 Å². The molecule has 1 aliphatic carbocycles. The monoisotopic (exact) mass is 434 g/mol. The first-order valence-corrected chi connectivity index (χ1v) is 9.44. The molecule has 1 heterocycles. The molecule has 1 saturated carbocycles. The van der Waals surface area contributed by atoms with E-state index in [9.17, 15) is 14.4 Å². The zero-order valence-corrected chi connectivity index (χ0v) is 16.1. The van der Waals surface area contributed by atoms with Gasteiger partial charge in [0.25, 0.3) is 11.8 Å². The van der Waals surface area contributed by atoms with Crippen LogP contribution in [0.15, 0.2) is 45.5 Å². The lowest BCUT2D eigenvalue weighted by Crippen LogP contribution is -2.33. The maximum Gasteiger partial charge on any atom is 0.374 e. The number of furan rings is 1. The second kappa shape index (κ2) is 8.85. The molecule has 1 fully saturated rings. The number of halogens is 1. The van der Waals surface area contributed by atoms with Crippen LogP contribution in [-0.4, -0.2) is 30.4 Å². The van der Waals surface area contributed by atoms with Gasteiger partial charge in [0, 0.05) is 6.04 Å². The summed E-state index contributed by atoms with van der Waals surface area (Å²) in [6.45, 7) is -0.490. The standard InChI is InChI=1S/C19H19BrN2O5/c20-16-10-9-15(27-16)19(25)26-11-17(23)22-14-8-4-3-7-13(14)18(24)21-12-5-1-2-6-12/h3-4,7-10,12H,1-2,5-6,11H2,(H,21,24)(H,22,23). The van der Waals surface area contributed by atoms with Gasteiger partial charge in [0.2, 0.25) is 5.76 Å². The molecule has 7 nitrogen and oxygen atoms in total. The highest BCUT2D eigenvalue weighted by Crippen LogP contribution is 2.20. The number of carbonyl (C=O) groups is 3. The predicted octanol–water partition coefficient (Wildman–Crippen LogP) is 3.51. The number of ether oxygens (including phenoxy) is 1. The number of para-hydroxylation sites is 1. The second-order valence-electron chi connectivity index (χ2n) is 6.23. The fraction of sp³-hybridized carbons (Fsp3) is 0.316. The lowest BCUT2D eigenvalue weighted by Gasteiger charge is -2.15. The van der Waals surface area contributed by atoms with Crippen LogP contribution < -0.4 is 10.6 Å². The summed E-state index contributed by atoms with van der Waals surface area (Å²) in [5, 5.41) is 5.60. The molecule has 0 bridgehead atoms. The van der Waals surface area contributed by atoms with E-state index in [-0.39, 0.29) is 17.7 Å². The average Bonchev–Trinajstić information content (AvgIpc) is 3.32. The molecule has 142 valence electrons. The van der Waals surface area contributed by atoms with E-state index in [4.69, 9.17) is 9.15 Å². The Kier molecular flexibility index (Phi) is 6.28. The number of rotatable bonds is 6. The molecule has 0 saturated heterocycles. The summed E-state index contributed by atoms with van der Waals surface area (Å²) in [5.41, 5.74) is 0.744. The van der Waals surface area contributed by atoms with Gasteiger partial charge in [-0.05, 0) is 53.0 Å². The fourth-order valence-corrected chi connectivity index (χ4v) is 3.24. The minimum Gasteiger partial charge on any atom is -0.450 e. The van der Waals surface area contributed by atoms with E-state index < -0.39 is 18.5 Å². The second-order valence-corrected chi connectivity index (χ2v) is 7.01. The van der Waals surface area contributed by atoms with Crippen molar-refractivity contribution in [1.29, 1.82) is 0 Å². The Morgan fingerprint density at radius 1 is 1.11 bits per heavy atom. The predicted molar refractivity (Wildman–Crippen MR) is 101 cm³/mol. The smallest absolute Gasteiger partial charge is 0.374 e. The Labute approximate surface area is 164 Å². The lowest BCUT2D eigenvalue weighted by molar-refractivity contribution is -0.119. The summed E-state index contributed by atoms with van der Waals surface area (Å²) in [6, 6.07) is 9.89. The Hall–Kier alpha value is -2.61. The molecule has 1 aromatic carbocycles. The molecular formula is C19H19BrN2O5. The molecule has 3 rings (SSSR count). The van der Waals surface area contributed by atoms with Crippen molar-refractivity contribution in [1.82, 2.24) is 5.32 Å². The Morgan fingerprint density at radius 3 is 2.56 bits per heavy atom. The van der Waals surface area contributed by atoms with Crippen LogP contribution in [0, 0.1) is 0 Å². The zero-order valence-electron chi connectivity index (χ0n) is 14.5. The molecule has 0 radical (unpaired) electrons. The average molecular weight is 435 g/mol. The number of hydrogen-bond donors (Lipinski definition) is 2. The van der Waals surface area contributed by atoms with Crippen LogP contribution in [0.4, 0.5) is 5.69 Å². The summed E-state index contributed by atoms with van der Waals surface area (Å²) in [7, 11) is 0. The normalized spacial score (nSPS) is 14.0. The Bertz CT molecular complexity index is 842. The van der Waals surface area contributed by atoms with Crippen LogP contribution in [0.2, 0.25) is 0 Å². The van der Waals surface area contributed by atoms with Gasteiger partial charge in [0.1, 0.15) is 0 Å². The molecule has 2 N–H and O–H groups in total. The van der Waals surface area contributed by atoms with Gasteiger partial charge in [-0.2, -0.15) is 0 Å². The first-order valence-electron chi connectivity index (χ1n) is 8.65. The molecule has 8 heteroatoms. The van der Waals surface area contributed by atoms with E-state index in [0.29, 0.717) is 15.9 Å². The molecule has 0 aliphatic heterocycles. The van der Waals surface area contributed by atoms with Gasteiger partial charge in [-0.3, -0.25) is 9.59 Å². The van der Waals surface area contributed by atoms with Crippen LogP contribution in [0.5, 0.6) is 0 Å². The number of nitrogens with one attached hydrogen (secondary N) is 2. The third-order valence-corrected chi connectivity index (χ3v) is 4.67. The first kappa shape index (κ1) is 19.2. The molecule has 27 heavy (non-hydrogen) atoms.